The lowest BCUT2D eigenvalue weighted by Crippen LogP contribution is -3.00. The summed E-state index contributed by atoms with van der Waals surface area (Å²) in [6, 6.07) is 12.8. The molecular weight excluding hydrogens is 344 g/mol. The number of ketones is 1. The van der Waals surface area contributed by atoms with Crippen LogP contribution in [0.5, 0.6) is 0 Å². The first-order chi connectivity index (χ1) is 9.98. The van der Waals surface area contributed by atoms with Crippen molar-refractivity contribution >= 4 is 5.78 Å². The second-order valence-electron chi connectivity index (χ2n) is 5.34. The highest BCUT2D eigenvalue weighted by Crippen LogP contribution is 2.05. The number of Topliss-reactive ketones (excluding diaryl/α,β-unsaturated/α-hetero) is 1. The molecule has 0 aromatic heterocycles. The number of nitrogens with zero attached hydrogens (tertiary/aromatic N) is 3. The third-order valence-electron chi connectivity index (χ3n) is 3.02. The summed E-state index contributed by atoms with van der Waals surface area (Å²) in [5.74, 6) is 0.103. The summed E-state index contributed by atoms with van der Waals surface area (Å²) in [5.41, 5.74) is 0.758. The van der Waals surface area contributed by atoms with Gasteiger partial charge in [0.2, 0.25) is 5.78 Å². The Kier molecular flexibility index (Phi) is 8.78. The zero-order chi connectivity index (χ0) is 15.7. The van der Waals surface area contributed by atoms with Gasteiger partial charge in [-0.1, -0.05) is 30.3 Å². The molecule has 1 aromatic rings. The number of hydrogen-bond acceptors (Lipinski definition) is 4. The number of benzene rings is 1. The van der Waals surface area contributed by atoms with Gasteiger partial charge in [-0.15, -0.1) is 0 Å². The van der Waals surface area contributed by atoms with E-state index in [4.69, 9.17) is 10.5 Å². The summed E-state index contributed by atoms with van der Waals surface area (Å²) in [6.07, 6.45) is 1.40. The van der Waals surface area contributed by atoms with Crippen LogP contribution in [0.1, 0.15) is 10.4 Å². The van der Waals surface area contributed by atoms with Gasteiger partial charge in [0.25, 0.3) is 0 Å². The van der Waals surface area contributed by atoms with Gasteiger partial charge in [-0.2, -0.15) is 10.5 Å². The molecule has 0 bridgehead atoms. The van der Waals surface area contributed by atoms with E-state index in [0.29, 0.717) is 29.7 Å². The van der Waals surface area contributed by atoms with E-state index in [2.05, 4.69) is 5.32 Å². The van der Waals surface area contributed by atoms with Crippen LogP contribution in [0.25, 0.3) is 0 Å². The van der Waals surface area contributed by atoms with Crippen molar-refractivity contribution in [3.8, 4) is 12.1 Å². The molecule has 0 spiro atoms. The van der Waals surface area contributed by atoms with Crippen molar-refractivity contribution < 1.29 is 26.3 Å². The number of nitrogens with one attached hydrogen (secondary N) is 1. The van der Waals surface area contributed by atoms with E-state index in [-0.39, 0.29) is 28.3 Å². The number of quaternary nitrogens is 1. The van der Waals surface area contributed by atoms with E-state index < -0.39 is 0 Å². The minimum Gasteiger partial charge on any atom is -1.00 e. The molecule has 116 valence electrons. The average molecular weight is 363 g/mol. The number of rotatable bonds is 7. The third-order valence-corrected chi connectivity index (χ3v) is 3.02. The van der Waals surface area contributed by atoms with Gasteiger partial charge in [-0.05, 0) is 0 Å². The van der Waals surface area contributed by atoms with E-state index in [1.54, 1.807) is 12.1 Å². The Morgan fingerprint density at radius 1 is 1.23 bits per heavy atom. The van der Waals surface area contributed by atoms with Crippen molar-refractivity contribution in [1.29, 1.82) is 10.5 Å². The topological polar surface area (TPSA) is 76.7 Å². The van der Waals surface area contributed by atoms with Gasteiger partial charge in [0.1, 0.15) is 24.3 Å². The van der Waals surface area contributed by atoms with Crippen LogP contribution in [0.4, 0.5) is 0 Å². The van der Waals surface area contributed by atoms with Crippen LogP contribution >= 0.6 is 0 Å². The highest BCUT2D eigenvalue weighted by molar-refractivity contribution is 5.96. The molecule has 0 heterocycles. The summed E-state index contributed by atoms with van der Waals surface area (Å²) in [4.78, 5) is 12.2. The molecule has 0 aliphatic rings. The quantitative estimate of drug-likeness (QED) is 0.276. The molecule has 1 N–H and O–H groups in total. The predicted octanol–water partition coefficient (Wildman–Crippen LogP) is -1.53. The van der Waals surface area contributed by atoms with E-state index in [1.807, 2.05) is 44.4 Å². The standard InChI is InChI=1S/C16H19N4O.BrH/c1-20(2,9-8-19-12-14(10-17)11-18)13-16(21)15-6-4-3-5-7-15;/h3-7,12,19H,8-9,13H2,1-2H3;1H/q+1;/p-1. The molecule has 22 heavy (non-hydrogen) atoms. The second kappa shape index (κ2) is 9.73. The maximum Gasteiger partial charge on any atom is 0.216 e. The first-order valence-corrected chi connectivity index (χ1v) is 6.62. The van der Waals surface area contributed by atoms with Crippen molar-refractivity contribution in [3.63, 3.8) is 0 Å². The first kappa shape index (κ1) is 19.9. The van der Waals surface area contributed by atoms with E-state index >= 15 is 0 Å². The number of allylic oxidation sites excluding steroid dienone is 1. The number of likely N-dealkylation sites (N-methyl/N-ethyl adjacent to an activating group) is 1. The Morgan fingerprint density at radius 3 is 2.36 bits per heavy atom. The Hall–Kier alpha value is -2.15. The van der Waals surface area contributed by atoms with Gasteiger partial charge in [-0.25, -0.2) is 0 Å². The van der Waals surface area contributed by atoms with Crippen LogP contribution in [0, 0.1) is 22.7 Å². The van der Waals surface area contributed by atoms with Crippen molar-refractivity contribution in [2.75, 3.05) is 33.7 Å². The largest absolute Gasteiger partial charge is 1.00 e. The number of carbonyl (C=O) groups excluding carboxylic acids is 1. The van der Waals surface area contributed by atoms with Gasteiger partial charge in [0.05, 0.1) is 27.2 Å². The number of halogens is 1. The van der Waals surface area contributed by atoms with Gasteiger partial charge < -0.3 is 26.8 Å². The van der Waals surface area contributed by atoms with Crippen LogP contribution in [-0.4, -0.2) is 44.0 Å². The normalized spacial score (nSPS) is 9.64. The molecule has 0 aliphatic heterocycles. The fraction of sp³-hybridized carbons (Fsp3) is 0.312. The third kappa shape index (κ3) is 7.03. The molecule has 0 amide bonds. The zero-order valence-corrected chi connectivity index (χ0v) is 14.3. The smallest absolute Gasteiger partial charge is 0.216 e. The second-order valence-corrected chi connectivity index (χ2v) is 5.34. The van der Waals surface area contributed by atoms with Crippen molar-refractivity contribution in [3.05, 3.63) is 47.7 Å². The minimum absolute atomic E-state index is 0. The van der Waals surface area contributed by atoms with Crippen LogP contribution in [0.2, 0.25) is 0 Å². The lowest BCUT2D eigenvalue weighted by Gasteiger charge is -2.29. The monoisotopic (exact) mass is 362 g/mol. The average Bonchev–Trinajstić information content (AvgIpc) is 2.48. The highest BCUT2D eigenvalue weighted by Gasteiger charge is 2.20. The summed E-state index contributed by atoms with van der Waals surface area (Å²) in [5, 5.41) is 20.1. The highest BCUT2D eigenvalue weighted by atomic mass is 79.9. The fourth-order valence-electron chi connectivity index (χ4n) is 1.81. The number of nitriles is 2. The molecular formula is C16H19BrN4O. The molecule has 0 atom stereocenters. The maximum absolute atomic E-state index is 12.2. The van der Waals surface area contributed by atoms with Gasteiger partial charge in [0.15, 0.2) is 0 Å². The van der Waals surface area contributed by atoms with Gasteiger partial charge in [0, 0.05) is 11.8 Å². The van der Waals surface area contributed by atoms with E-state index in [1.165, 1.54) is 6.20 Å². The Morgan fingerprint density at radius 2 is 1.82 bits per heavy atom. The zero-order valence-electron chi connectivity index (χ0n) is 12.7. The molecule has 0 aliphatic carbocycles. The maximum atomic E-state index is 12.2. The summed E-state index contributed by atoms with van der Waals surface area (Å²) >= 11 is 0. The van der Waals surface area contributed by atoms with Crippen LogP contribution in [0.3, 0.4) is 0 Å². The Balaban J connectivity index is 0.00000441. The molecule has 1 aromatic carbocycles. The van der Waals surface area contributed by atoms with Gasteiger partial charge in [-0.3, -0.25) is 4.79 Å². The molecule has 0 fully saturated rings. The Bertz CT molecular complexity index is 581. The van der Waals surface area contributed by atoms with Crippen molar-refractivity contribution in [2.45, 2.75) is 0 Å². The molecule has 0 saturated heterocycles. The summed E-state index contributed by atoms with van der Waals surface area (Å²) < 4.78 is 0.531. The first-order valence-electron chi connectivity index (χ1n) is 6.62. The molecule has 0 saturated carbocycles. The van der Waals surface area contributed by atoms with E-state index in [9.17, 15) is 4.79 Å². The molecule has 0 unspecified atom stereocenters. The summed E-state index contributed by atoms with van der Waals surface area (Å²) in [6.45, 7) is 1.69. The minimum atomic E-state index is 0. The molecule has 1 rings (SSSR count). The molecule has 0 radical (unpaired) electrons. The SMILES string of the molecule is C[N+](C)(CCNC=C(C#N)C#N)CC(=O)c1ccccc1.[Br-]. The Labute approximate surface area is 141 Å². The van der Waals surface area contributed by atoms with Crippen LogP contribution in [0.15, 0.2) is 42.1 Å². The molecule has 5 nitrogen and oxygen atoms in total. The lowest BCUT2D eigenvalue weighted by molar-refractivity contribution is -0.880. The van der Waals surface area contributed by atoms with Crippen molar-refractivity contribution in [2.24, 2.45) is 0 Å². The van der Waals surface area contributed by atoms with Crippen LogP contribution in [-0.2, 0) is 0 Å². The molecule has 6 heteroatoms. The van der Waals surface area contributed by atoms with Crippen LogP contribution < -0.4 is 22.3 Å². The predicted molar refractivity (Wildman–Crippen MR) is 79.9 cm³/mol. The number of hydrogen-bond donors (Lipinski definition) is 1. The lowest BCUT2D eigenvalue weighted by atomic mass is 10.1. The van der Waals surface area contributed by atoms with Gasteiger partial charge >= 0.3 is 0 Å². The fourth-order valence-corrected chi connectivity index (χ4v) is 1.81. The summed E-state index contributed by atoms with van der Waals surface area (Å²) in [7, 11) is 3.95. The van der Waals surface area contributed by atoms with Crippen molar-refractivity contribution in [1.82, 2.24) is 5.32 Å². The van der Waals surface area contributed by atoms with E-state index in [0.717, 1.165) is 0 Å². The number of carbonyl (C=O) groups is 1.